The molecule has 0 spiro atoms. The van der Waals surface area contributed by atoms with Gasteiger partial charge in [0.1, 0.15) is 0 Å². The molecule has 0 aromatic heterocycles. The van der Waals surface area contributed by atoms with Crippen LogP contribution < -0.4 is 10.0 Å². The minimum Gasteiger partial charge on any atom is -0.326 e. The minimum absolute atomic E-state index is 0.0812. The van der Waals surface area contributed by atoms with Gasteiger partial charge in [0.15, 0.2) is 0 Å². The first kappa shape index (κ1) is 28.3. The van der Waals surface area contributed by atoms with E-state index in [2.05, 4.69) is 26.0 Å². The van der Waals surface area contributed by atoms with Crippen molar-refractivity contribution in [2.24, 2.45) is 5.92 Å². The molecule has 0 aliphatic carbocycles. The van der Waals surface area contributed by atoms with Crippen LogP contribution in [0.15, 0.2) is 76.1 Å². The molecule has 4 rings (SSSR count). The topological polar surface area (TPSA) is 113 Å². The predicted octanol–water partition coefficient (Wildman–Crippen LogP) is 5.05. The fourth-order valence-electron chi connectivity index (χ4n) is 4.31. The summed E-state index contributed by atoms with van der Waals surface area (Å²) >= 11 is 3.36. The first-order valence-corrected chi connectivity index (χ1v) is 16.0. The van der Waals surface area contributed by atoms with Gasteiger partial charge in [0, 0.05) is 34.9 Å². The Morgan fingerprint density at radius 1 is 0.895 bits per heavy atom. The maximum absolute atomic E-state index is 12.8. The number of hydrogen-bond acceptors (Lipinski definition) is 5. The van der Waals surface area contributed by atoms with Crippen LogP contribution in [0, 0.1) is 19.8 Å². The number of piperidine rings is 1. The van der Waals surface area contributed by atoms with Crippen molar-refractivity contribution in [3.63, 3.8) is 0 Å². The monoisotopic (exact) mass is 619 g/mol. The Kier molecular flexibility index (Phi) is 8.61. The number of nitrogens with zero attached hydrogens (tertiary/aromatic N) is 1. The third kappa shape index (κ3) is 7.02. The van der Waals surface area contributed by atoms with E-state index in [0.717, 1.165) is 15.6 Å². The molecule has 1 saturated heterocycles. The molecule has 0 atom stereocenters. The number of amides is 1. The van der Waals surface area contributed by atoms with Gasteiger partial charge in [0.25, 0.3) is 10.0 Å². The number of nitrogens with one attached hydrogen (secondary N) is 2. The molecule has 1 aliphatic rings. The number of carbonyl (C=O) groups excluding carboxylic acids is 1. The molecular formula is C27H30BrN3O5S2. The van der Waals surface area contributed by atoms with Crippen LogP contribution in [0.5, 0.6) is 0 Å². The number of rotatable bonds is 8. The van der Waals surface area contributed by atoms with Crippen LogP contribution in [-0.2, 0) is 30.6 Å². The van der Waals surface area contributed by atoms with Crippen molar-refractivity contribution >= 4 is 53.3 Å². The van der Waals surface area contributed by atoms with Gasteiger partial charge in [-0.25, -0.2) is 21.1 Å². The molecule has 1 fully saturated rings. The molecule has 3 aromatic carbocycles. The Morgan fingerprint density at radius 3 is 2.18 bits per heavy atom. The summed E-state index contributed by atoms with van der Waals surface area (Å²) in [6, 6.07) is 18.5. The van der Waals surface area contributed by atoms with E-state index >= 15 is 0 Å². The van der Waals surface area contributed by atoms with Gasteiger partial charge >= 0.3 is 0 Å². The molecule has 3 aromatic rings. The van der Waals surface area contributed by atoms with Gasteiger partial charge in [-0.05, 0) is 91.9 Å². The second-order valence-electron chi connectivity index (χ2n) is 9.48. The Bertz CT molecular complexity index is 1530. The summed E-state index contributed by atoms with van der Waals surface area (Å²) in [5, 5.41) is 2.83. The lowest BCUT2D eigenvalue weighted by molar-refractivity contribution is -0.120. The standard InChI is InChI=1S/C27H30BrN3O5S2/c1-19-6-7-25(16-20(19)2)30-38(35,36)26-10-8-24(9-11-26)29-27(32)22-12-14-31(15-13-22)37(33,34)18-21-4-3-5-23(28)17-21/h3-11,16-17,22,30H,12-15,18H2,1-2H3,(H,29,32). The molecule has 1 aliphatic heterocycles. The SMILES string of the molecule is Cc1ccc(NS(=O)(=O)c2ccc(NC(=O)C3CCN(S(=O)(=O)Cc4cccc(Br)c4)CC3)cc2)cc1C. The molecule has 8 nitrogen and oxygen atoms in total. The van der Waals surface area contributed by atoms with Gasteiger partial charge < -0.3 is 5.32 Å². The van der Waals surface area contributed by atoms with Crippen LogP contribution in [0.2, 0.25) is 0 Å². The molecule has 38 heavy (non-hydrogen) atoms. The van der Waals surface area contributed by atoms with Crippen LogP contribution in [0.1, 0.15) is 29.5 Å². The van der Waals surface area contributed by atoms with E-state index in [0.29, 0.717) is 29.8 Å². The van der Waals surface area contributed by atoms with E-state index in [1.807, 2.05) is 26.0 Å². The molecule has 1 amide bonds. The van der Waals surface area contributed by atoms with Gasteiger partial charge in [0.2, 0.25) is 15.9 Å². The van der Waals surface area contributed by atoms with Gasteiger partial charge in [-0.3, -0.25) is 9.52 Å². The van der Waals surface area contributed by atoms with Crippen molar-refractivity contribution < 1.29 is 21.6 Å². The molecule has 11 heteroatoms. The number of sulfonamides is 2. The minimum atomic E-state index is -3.78. The summed E-state index contributed by atoms with van der Waals surface area (Å²) in [6.45, 7) is 4.42. The number of halogens is 1. The molecule has 0 saturated carbocycles. The lowest BCUT2D eigenvalue weighted by atomic mass is 9.97. The Labute approximate surface area is 232 Å². The lowest BCUT2D eigenvalue weighted by Crippen LogP contribution is -2.41. The average Bonchev–Trinajstić information content (AvgIpc) is 2.86. The average molecular weight is 621 g/mol. The molecular weight excluding hydrogens is 590 g/mol. The highest BCUT2D eigenvalue weighted by Gasteiger charge is 2.31. The van der Waals surface area contributed by atoms with Gasteiger partial charge in [-0.1, -0.05) is 34.1 Å². The Balaban J connectivity index is 1.32. The summed E-state index contributed by atoms with van der Waals surface area (Å²) < 4.78 is 56.1. The molecule has 0 bridgehead atoms. The lowest BCUT2D eigenvalue weighted by Gasteiger charge is -2.30. The second-order valence-corrected chi connectivity index (χ2v) is 14.0. The number of anilines is 2. The smallest absolute Gasteiger partial charge is 0.261 e. The molecule has 0 radical (unpaired) electrons. The van der Waals surface area contributed by atoms with E-state index in [1.54, 1.807) is 42.5 Å². The summed E-state index contributed by atoms with van der Waals surface area (Å²) in [4.78, 5) is 12.9. The fourth-order valence-corrected chi connectivity index (χ4v) is 7.35. The molecule has 1 heterocycles. The first-order chi connectivity index (χ1) is 17.9. The number of carbonyl (C=O) groups is 1. The highest BCUT2D eigenvalue weighted by Crippen LogP contribution is 2.25. The largest absolute Gasteiger partial charge is 0.326 e. The van der Waals surface area contributed by atoms with E-state index in [9.17, 15) is 21.6 Å². The second kappa shape index (κ2) is 11.6. The van der Waals surface area contributed by atoms with Crippen LogP contribution in [0.3, 0.4) is 0 Å². The summed E-state index contributed by atoms with van der Waals surface area (Å²) in [6.07, 6.45) is 0.825. The zero-order valence-electron chi connectivity index (χ0n) is 21.1. The van der Waals surface area contributed by atoms with E-state index in [-0.39, 0.29) is 35.6 Å². The normalized spacial score (nSPS) is 15.2. The maximum atomic E-state index is 12.8. The van der Waals surface area contributed by atoms with Crippen molar-refractivity contribution in [2.75, 3.05) is 23.1 Å². The van der Waals surface area contributed by atoms with E-state index < -0.39 is 20.0 Å². The molecule has 202 valence electrons. The third-order valence-corrected chi connectivity index (χ3v) is 10.4. The van der Waals surface area contributed by atoms with Crippen LogP contribution in [-0.4, -0.2) is 40.1 Å². The Hall–Kier alpha value is -2.73. The number of aryl methyl sites for hydroxylation is 2. The fraction of sp³-hybridized carbons (Fsp3) is 0.296. The zero-order chi connectivity index (χ0) is 27.5. The quantitative estimate of drug-likeness (QED) is 0.366. The van der Waals surface area contributed by atoms with Crippen LogP contribution >= 0.6 is 15.9 Å². The molecule has 2 N–H and O–H groups in total. The maximum Gasteiger partial charge on any atom is 0.261 e. The highest BCUT2D eigenvalue weighted by molar-refractivity contribution is 9.10. The number of hydrogen-bond donors (Lipinski definition) is 2. The van der Waals surface area contributed by atoms with Gasteiger partial charge in [-0.2, -0.15) is 0 Å². The van der Waals surface area contributed by atoms with E-state index in [4.69, 9.17) is 0 Å². The highest BCUT2D eigenvalue weighted by atomic mass is 79.9. The Morgan fingerprint density at radius 2 is 1.55 bits per heavy atom. The summed E-state index contributed by atoms with van der Waals surface area (Å²) in [5.74, 6) is -0.628. The van der Waals surface area contributed by atoms with Gasteiger partial charge in [0.05, 0.1) is 10.6 Å². The van der Waals surface area contributed by atoms with E-state index in [1.165, 1.54) is 16.4 Å². The molecule has 0 unspecified atom stereocenters. The van der Waals surface area contributed by atoms with Crippen molar-refractivity contribution in [3.8, 4) is 0 Å². The third-order valence-electron chi connectivity index (χ3n) is 6.65. The van der Waals surface area contributed by atoms with Crippen LogP contribution in [0.25, 0.3) is 0 Å². The predicted molar refractivity (Wildman–Crippen MR) is 153 cm³/mol. The van der Waals surface area contributed by atoms with Crippen molar-refractivity contribution in [3.05, 3.63) is 87.9 Å². The van der Waals surface area contributed by atoms with Crippen molar-refractivity contribution in [2.45, 2.75) is 37.3 Å². The first-order valence-electron chi connectivity index (χ1n) is 12.2. The van der Waals surface area contributed by atoms with Crippen molar-refractivity contribution in [1.29, 1.82) is 0 Å². The summed E-state index contributed by atoms with van der Waals surface area (Å²) in [7, 11) is -7.27. The zero-order valence-corrected chi connectivity index (χ0v) is 24.4. The van der Waals surface area contributed by atoms with Crippen molar-refractivity contribution in [1.82, 2.24) is 4.31 Å². The van der Waals surface area contributed by atoms with Crippen LogP contribution in [0.4, 0.5) is 11.4 Å². The van der Waals surface area contributed by atoms with Gasteiger partial charge in [-0.15, -0.1) is 0 Å². The summed E-state index contributed by atoms with van der Waals surface area (Å²) in [5.41, 5.74) is 3.71. The number of benzene rings is 3.